The second-order valence-electron chi connectivity index (χ2n) is 6.71. The summed E-state index contributed by atoms with van der Waals surface area (Å²) >= 11 is 0. The molecule has 0 aliphatic heterocycles. The van der Waals surface area contributed by atoms with Gasteiger partial charge in [0, 0.05) is 24.3 Å². The molecule has 0 spiro atoms. The molecule has 1 heterocycles. The van der Waals surface area contributed by atoms with Crippen molar-refractivity contribution in [3.63, 3.8) is 0 Å². The molecule has 3 rings (SSSR count). The monoisotopic (exact) mass is 392 g/mol. The van der Waals surface area contributed by atoms with Crippen LogP contribution >= 0.6 is 0 Å². The van der Waals surface area contributed by atoms with Gasteiger partial charge in [0.2, 0.25) is 0 Å². The molecule has 1 aromatic heterocycles. The van der Waals surface area contributed by atoms with Gasteiger partial charge in [-0.1, -0.05) is 25.1 Å². The lowest BCUT2D eigenvalue weighted by atomic mass is 10.1. The Morgan fingerprint density at radius 3 is 2.48 bits per heavy atom. The largest absolute Gasteiger partial charge is 0.453 e. The predicted molar refractivity (Wildman–Crippen MR) is 113 cm³/mol. The first-order chi connectivity index (χ1) is 14.0. The van der Waals surface area contributed by atoms with Gasteiger partial charge in [-0.25, -0.2) is 4.68 Å². The van der Waals surface area contributed by atoms with E-state index in [9.17, 15) is 9.59 Å². The number of ether oxygens (including phenoxy) is 1. The lowest BCUT2D eigenvalue weighted by Crippen LogP contribution is -2.31. The van der Waals surface area contributed by atoms with E-state index in [2.05, 4.69) is 15.7 Å². The molecule has 7 heteroatoms. The summed E-state index contributed by atoms with van der Waals surface area (Å²) in [5, 5.41) is 10.1. The number of anilines is 2. The lowest BCUT2D eigenvalue weighted by molar-refractivity contribution is 0.0939. The SMILES string of the molecule is CC[C@@H](C)NC(=O)c1ccc(Nc2c(Oc3ccccc3)cnn(C)c2=O)cc1. The first-order valence-corrected chi connectivity index (χ1v) is 9.45. The topological polar surface area (TPSA) is 85.2 Å². The van der Waals surface area contributed by atoms with Crippen LogP contribution in [0.15, 0.2) is 65.6 Å². The number of hydrogen-bond acceptors (Lipinski definition) is 5. The Bertz CT molecular complexity index is 1030. The molecule has 7 nitrogen and oxygen atoms in total. The van der Waals surface area contributed by atoms with Crippen LogP contribution in [-0.4, -0.2) is 21.7 Å². The molecule has 1 amide bonds. The summed E-state index contributed by atoms with van der Waals surface area (Å²) < 4.78 is 7.06. The number of benzene rings is 2. The fraction of sp³-hybridized carbons (Fsp3) is 0.227. The van der Waals surface area contributed by atoms with Gasteiger partial charge >= 0.3 is 0 Å². The Kier molecular flexibility index (Phi) is 6.29. The average molecular weight is 392 g/mol. The van der Waals surface area contributed by atoms with Gasteiger partial charge in [0.05, 0.1) is 6.20 Å². The number of hydrogen-bond donors (Lipinski definition) is 2. The molecule has 0 saturated carbocycles. The van der Waals surface area contributed by atoms with Crippen molar-refractivity contribution in [3.8, 4) is 11.5 Å². The van der Waals surface area contributed by atoms with E-state index in [4.69, 9.17) is 4.74 Å². The van der Waals surface area contributed by atoms with Crippen molar-refractivity contribution in [1.29, 1.82) is 0 Å². The summed E-state index contributed by atoms with van der Waals surface area (Å²) in [4.78, 5) is 24.8. The zero-order valence-corrected chi connectivity index (χ0v) is 16.7. The van der Waals surface area contributed by atoms with E-state index >= 15 is 0 Å². The number of amides is 1. The number of rotatable bonds is 7. The van der Waals surface area contributed by atoms with Crippen molar-refractivity contribution in [2.45, 2.75) is 26.3 Å². The Morgan fingerprint density at radius 1 is 1.14 bits per heavy atom. The van der Waals surface area contributed by atoms with Gasteiger partial charge in [-0.3, -0.25) is 9.59 Å². The van der Waals surface area contributed by atoms with Crippen LogP contribution in [0, 0.1) is 0 Å². The van der Waals surface area contributed by atoms with Crippen LogP contribution in [-0.2, 0) is 7.05 Å². The standard InChI is InChI=1S/C22H24N4O3/c1-4-15(2)24-21(27)16-10-12-17(13-11-16)25-20-19(14-23-26(3)22(20)28)29-18-8-6-5-7-9-18/h5-15,25H,4H2,1-3H3,(H,24,27)/t15-/m1/s1. The fourth-order valence-electron chi connectivity index (χ4n) is 2.59. The molecule has 0 aliphatic carbocycles. The van der Waals surface area contributed by atoms with Gasteiger partial charge in [0.25, 0.3) is 11.5 Å². The van der Waals surface area contributed by atoms with Crippen molar-refractivity contribution < 1.29 is 9.53 Å². The predicted octanol–water partition coefficient (Wildman–Crippen LogP) is 3.84. The summed E-state index contributed by atoms with van der Waals surface area (Å²) in [6.07, 6.45) is 2.35. The molecule has 2 aromatic carbocycles. The lowest BCUT2D eigenvalue weighted by Gasteiger charge is -2.14. The van der Waals surface area contributed by atoms with Crippen LogP contribution in [0.4, 0.5) is 11.4 Å². The van der Waals surface area contributed by atoms with Crippen molar-refractivity contribution >= 4 is 17.3 Å². The summed E-state index contributed by atoms with van der Waals surface area (Å²) in [5.74, 6) is 0.791. The van der Waals surface area contributed by atoms with Crippen LogP contribution in [0.5, 0.6) is 11.5 Å². The maximum Gasteiger partial charge on any atom is 0.294 e. The normalized spacial score (nSPS) is 11.6. The van der Waals surface area contributed by atoms with E-state index in [1.807, 2.05) is 32.0 Å². The van der Waals surface area contributed by atoms with Gasteiger partial charge in [0.15, 0.2) is 11.4 Å². The van der Waals surface area contributed by atoms with Crippen LogP contribution in [0.1, 0.15) is 30.6 Å². The molecule has 0 aliphatic rings. The number of carbonyl (C=O) groups is 1. The summed E-state index contributed by atoms with van der Waals surface area (Å²) in [6.45, 7) is 3.98. The number of aryl methyl sites for hydroxylation is 1. The van der Waals surface area contributed by atoms with E-state index in [0.29, 0.717) is 22.7 Å². The molecule has 0 radical (unpaired) electrons. The third-order valence-corrected chi connectivity index (χ3v) is 4.48. The van der Waals surface area contributed by atoms with Crippen LogP contribution in [0.3, 0.4) is 0 Å². The highest BCUT2D eigenvalue weighted by Crippen LogP contribution is 2.28. The number of para-hydroxylation sites is 1. The zero-order valence-electron chi connectivity index (χ0n) is 16.7. The maximum atomic E-state index is 12.6. The van der Waals surface area contributed by atoms with Crippen LogP contribution < -0.4 is 20.9 Å². The number of nitrogens with zero attached hydrogens (tertiary/aromatic N) is 2. The van der Waals surface area contributed by atoms with Gasteiger partial charge in [-0.15, -0.1) is 0 Å². The number of aromatic nitrogens is 2. The van der Waals surface area contributed by atoms with E-state index in [1.54, 1.807) is 43.4 Å². The molecule has 1 atom stereocenters. The minimum absolute atomic E-state index is 0.109. The Hall–Kier alpha value is -3.61. The van der Waals surface area contributed by atoms with Crippen molar-refractivity contribution in [3.05, 3.63) is 76.7 Å². The van der Waals surface area contributed by atoms with Gasteiger partial charge in [0.1, 0.15) is 5.75 Å². The molecule has 0 bridgehead atoms. The van der Waals surface area contributed by atoms with E-state index in [1.165, 1.54) is 10.9 Å². The minimum Gasteiger partial charge on any atom is -0.453 e. The van der Waals surface area contributed by atoms with Crippen molar-refractivity contribution in [2.75, 3.05) is 5.32 Å². The minimum atomic E-state index is -0.322. The molecule has 0 fully saturated rings. The summed E-state index contributed by atoms with van der Waals surface area (Å²) in [5.41, 5.74) is 1.16. The highest BCUT2D eigenvalue weighted by atomic mass is 16.5. The highest BCUT2D eigenvalue weighted by Gasteiger charge is 2.14. The van der Waals surface area contributed by atoms with E-state index < -0.39 is 0 Å². The molecular formula is C22H24N4O3. The van der Waals surface area contributed by atoms with Gasteiger partial charge in [-0.05, 0) is 49.7 Å². The Morgan fingerprint density at radius 2 is 1.83 bits per heavy atom. The molecule has 29 heavy (non-hydrogen) atoms. The maximum absolute atomic E-state index is 12.6. The van der Waals surface area contributed by atoms with Crippen LogP contribution in [0.2, 0.25) is 0 Å². The second-order valence-corrected chi connectivity index (χ2v) is 6.71. The Labute approximate surface area is 169 Å². The third kappa shape index (κ3) is 5.01. The summed E-state index contributed by atoms with van der Waals surface area (Å²) in [7, 11) is 1.57. The first-order valence-electron chi connectivity index (χ1n) is 9.45. The molecule has 0 saturated heterocycles. The van der Waals surface area contributed by atoms with Gasteiger partial charge in [-0.2, -0.15) is 5.10 Å². The van der Waals surface area contributed by atoms with Crippen molar-refractivity contribution in [1.82, 2.24) is 15.1 Å². The van der Waals surface area contributed by atoms with Gasteiger partial charge < -0.3 is 15.4 Å². The second kappa shape index (κ2) is 9.05. The van der Waals surface area contributed by atoms with E-state index in [0.717, 1.165) is 6.42 Å². The Balaban J connectivity index is 1.83. The van der Waals surface area contributed by atoms with Crippen LogP contribution in [0.25, 0.3) is 0 Å². The molecule has 0 unspecified atom stereocenters. The fourth-order valence-corrected chi connectivity index (χ4v) is 2.59. The molecule has 150 valence electrons. The summed E-state index contributed by atoms with van der Waals surface area (Å²) in [6, 6.07) is 16.2. The highest BCUT2D eigenvalue weighted by molar-refractivity contribution is 5.94. The van der Waals surface area contributed by atoms with Crippen molar-refractivity contribution in [2.24, 2.45) is 7.05 Å². The van der Waals surface area contributed by atoms with E-state index in [-0.39, 0.29) is 23.2 Å². The third-order valence-electron chi connectivity index (χ3n) is 4.48. The zero-order chi connectivity index (χ0) is 20.8. The quantitative estimate of drug-likeness (QED) is 0.638. The number of nitrogens with one attached hydrogen (secondary N) is 2. The molecule has 3 aromatic rings. The average Bonchev–Trinajstić information content (AvgIpc) is 2.74. The smallest absolute Gasteiger partial charge is 0.294 e. The first kappa shape index (κ1) is 20.1. The molecular weight excluding hydrogens is 368 g/mol. The molecule has 2 N–H and O–H groups in total. The number of carbonyl (C=O) groups excluding carboxylic acids is 1.